The minimum absolute atomic E-state index is 0.101. The smallest absolute Gasteiger partial charge is 0.268 e. The standard InChI is InChI=1S/C26H27N3O2/c1-3-19(2)31-25-14-9-13-23-22(25)16-24(29(23)18-20-10-5-4-6-11-20)26(30)28-17-21-12-7-8-15-27-21/h4-16,19H,3,17-18H2,1-2H3,(H,28,30). The van der Waals surface area contributed by atoms with Crippen molar-refractivity contribution in [2.24, 2.45) is 0 Å². The summed E-state index contributed by atoms with van der Waals surface area (Å²) in [4.78, 5) is 17.5. The monoisotopic (exact) mass is 413 g/mol. The summed E-state index contributed by atoms with van der Waals surface area (Å²) in [6, 6.07) is 23.8. The lowest BCUT2D eigenvalue weighted by Gasteiger charge is -2.14. The maximum absolute atomic E-state index is 13.2. The number of nitrogens with one attached hydrogen (secondary N) is 1. The van der Waals surface area contributed by atoms with Gasteiger partial charge in [0.2, 0.25) is 0 Å². The normalized spacial score (nSPS) is 11.9. The number of ether oxygens (including phenoxy) is 1. The third-order valence-electron chi connectivity index (χ3n) is 5.38. The van der Waals surface area contributed by atoms with Crippen LogP contribution in [-0.2, 0) is 13.1 Å². The number of rotatable bonds is 8. The number of benzene rings is 2. The Morgan fingerprint density at radius 1 is 1.06 bits per heavy atom. The van der Waals surface area contributed by atoms with Gasteiger partial charge < -0.3 is 14.6 Å². The quantitative estimate of drug-likeness (QED) is 0.432. The average molecular weight is 414 g/mol. The van der Waals surface area contributed by atoms with Gasteiger partial charge in [0.15, 0.2) is 0 Å². The van der Waals surface area contributed by atoms with Gasteiger partial charge in [-0.3, -0.25) is 9.78 Å². The van der Waals surface area contributed by atoms with Crippen LogP contribution in [0.2, 0.25) is 0 Å². The predicted octanol–water partition coefficient (Wildman–Crippen LogP) is 5.19. The molecule has 1 atom stereocenters. The zero-order valence-corrected chi connectivity index (χ0v) is 17.9. The molecule has 0 radical (unpaired) electrons. The molecule has 4 rings (SSSR count). The first-order valence-corrected chi connectivity index (χ1v) is 10.7. The van der Waals surface area contributed by atoms with Crippen LogP contribution in [0.5, 0.6) is 5.75 Å². The van der Waals surface area contributed by atoms with Crippen molar-refractivity contribution in [3.8, 4) is 5.75 Å². The van der Waals surface area contributed by atoms with Crippen LogP contribution in [0.3, 0.4) is 0 Å². The summed E-state index contributed by atoms with van der Waals surface area (Å²) < 4.78 is 8.21. The Morgan fingerprint density at radius 2 is 1.87 bits per heavy atom. The Kier molecular flexibility index (Phi) is 6.32. The lowest BCUT2D eigenvalue weighted by atomic mass is 10.2. The second-order valence-electron chi connectivity index (χ2n) is 7.63. The SMILES string of the molecule is CCC(C)Oc1cccc2c1cc(C(=O)NCc1ccccn1)n2Cc1ccccc1. The summed E-state index contributed by atoms with van der Waals surface area (Å²) >= 11 is 0. The van der Waals surface area contributed by atoms with Crippen molar-refractivity contribution in [3.63, 3.8) is 0 Å². The molecule has 2 aromatic carbocycles. The molecular weight excluding hydrogens is 386 g/mol. The molecule has 0 saturated carbocycles. The highest BCUT2D eigenvalue weighted by Gasteiger charge is 2.19. The van der Waals surface area contributed by atoms with Crippen molar-refractivity contribution in [1.82, 2.24) is 14.9 Å². The summed E-state index contributed by atoms with van der Waals surface area (Å²) in [6.07, 6.45) is 2.75. The van der Waals surface area contributed by atoms with Crippen LogP contribution >= 0.6 is 0 Å². The molecule has 1 N–H and O–H groups in total. The molecule has 0 spiro atoms. The first-order chi connectivity index (χ1) is 15.2. The Labute approximate surface area is 182 Å². The van der Waals surface area contributed by atoms with E-state index in [9.17, 15) is 4.79 Å². The van der Waals surface area contributed by atoms with E-state index in [4.69, 9.17) is 4.74 Å². The second-order valence-corrected chi connectivity index (χ2v) is 7.63. The molecule has 0 bridgehead atoms. The molecule has 0 aliphatic rings. The summed E-state index contributed by atoms with van der Waals surface area (Å²) in [6.45, 7) is 5.13. The van der Waals surface area contributed by atoms with E-state index in [0.29, 0.717) is 18.8 Å². The molecule has 5 heteroatoms. The van der Waals surface area contributed by atoms with Crippen molar-refractivity contribution < 1.29 is 9.53 Å². The van der Waals surface area contributed by atoms with Crippen LogP contribution in [0, 0.1) is 0 Å². The number of hydrogen-bond donors (Lipinski definition) is 1. The largest absolute Gasteiger partial charge is 0.490 e. The van der Waals surface area contributed by atoms with Gasteiger partial charge in [0, 0.05) is 18.1 Å². The van der Waals surface area contributed by atoms with Crippen LogP contribution in [0.15, 0.2) is 79.0 Å². The number of pyridine rings is 1. The van der Waals surface area contributed by atoms with Crippen LogP contribution in [-0.4, -0.2) is 21.6 Å². The minimum atomic E-state index is -0.132. The van der Waals surface area contributed by atoms with Gasteiger partial charge in [-0.25, -0.2) is 0 Å². The molecule has 31 heavy (non-hydrogen) atoms. The molecular formula is C26H27N3O2. The number of carbonyl (C=O) groups is 1. The molecule has 0 aliphatic heterocycles. The van der Waals surface area contributed by atoms with E-state index in [-0.39, 0.29) is 12.0 Å². The van der Waals surface area contributed by atoms with E-state index >= 15 is 0 Å². The van der Waals surface area contributed by atoms with Gasteiger partial charge in [-0.2, -0.15) is 0 Å². The fraction of sp³-hybridized carbons (Fsp3) is 0.231. The number of amides is 1. The molecule has 158 valence electrons. The summed E-state index contributed by atoms with van der Waals surface area (Å²) in [5, 5.41) is 3.96. The van der Waals surface area contributed by atoms with E-state index < -0.39 is 0 Å². The highest BCUT2D eigenvalue weighted by molar-refractivity contribution is 6.00. The molecule has 5 nitrogen and oxygen atoms in total. The van der Waals surface area contributed by atoms with Crippen LogP contribution in [0.25, 0.3) is 10.9 Å². The maximum atomic E-state index is 13.2. The molecule has 2 aromatic heterocycles. The van der Waals surface area contributed by atoms with Crippen molar-refractivity contribution in [2.45, 2.75) is 39.5 Å². The first-order valence-electron chi connectivity index (χ1n) is 10.7. The maximum Gasteiger partial charge on any atom is 0.268 e. The average Bonchev–Trinajstić information content (AvgIpc) is 3.18. The number of nitrogens with zero attached hydrogens (tertiary/aromatic N) is 2. The second kappa shape index (κ2) is 9.47. The highest BCUT2D eigenvalue weighted by atomic mass is 16.5. The van der Waals surface area contributed by atoms with E-state index in [1.165, 1.54) is 0 Å². The predicted molar refractivity (Wildman–Crippen MR) is 123 cm³/mol. The fourth-order valence-corrected chi connectivity index (χ4v) is 3.55. The van der Waals surface area contributed by atoms with E-state index in [0.717, 1.165) is 34.3 Å². The number of fused-ring (bicyclic) bond motifs is 1. The van der Waals surface area contributed by atoms with Gasteiger partial charge in [-0.1, -0.05) is 49.4 Å². The molecule has 0 aliphatic carbocycles. The Morgan fingerprint density at radius 3 is 2.61 bits per heavy atom. The van der Waals surface area contributed by atoms with Crippen molar-refractivity contribution in [2.75, 3.05) is 0 Å². The molecule has 1 amide bonds. The summed E-state index contributed by atoms with van der Waals surface area (Å²) in [5.74, 6) is 0.671. The summed E-state index contributed by atoms with van der Waals surface area (Å²) in [7, 11) is 0. The van der Waals surface area contributed by atoms with Gasteiger partial charge in [0.25, 0.3) is 5.91 Å². The number of aromatic nitrogens is 2. The van der Waals surface area contributed by atoms with Crippen LogP contribution in [0.4, 0.5) is 0 Å². The summed E-state index contributed by atoms with van der Waals surface area (Å²) in [5.41, 5.74) is 3.54. The van der Waals surface area contributed by atoms with Gasteiger partial charge in [0.1, 0.15) is 11.4 Å². The lowest BCUT2D eigenvalue weighted by molar-refractivity contribution is 0.0942. The molecule has 0 fully saturated rings. The van der Waals surface area contributed by atoms with Crippen molar-refractivity contribution in [3.05, 3.63) is 95.9 Å². The molecule has 0 saturated heterocycles. The zero-order valence-electron chi connectivity index (χ0n) is 17.9. The Hall–Kier alpha value is -3.60. The van der Waals surface area contributed by atoms with E-state index in [1.807, 2.05) is 60.7 Å². The van der Waals surface area contributed by atoms with Gasteiger partial charge >= 0.3 is 0 Å². The number of carbonyl (C=O) groups excluding carboxylic acids is 1. The van der Waals surface area contributed by atoms with Gasteiger partial charge in [0.05, 0.1) is 23.9 Å². The molecule has 1 unspecified atom stereocenters. The fourth-order valence-electron chi connectivity index (χ4n) is 3.55. The molecule has 4 aromatic rings. The van der Waals surface area contributed by atoms with E-state index in [1.54, 1.807) is 6.20 Å². The lowest BCUT2D eigenvalue weighted by Crippen LogP contribution is -2.26. The van der Waals surface area contributed by atoms with Crippen molar-refractivity contribution >= 4 is 16.8 Å². The molecule has 2 heterocycles. The van der Waals surface area contributed by atoms with Gasteiger partial charge in [-0.15, -0.1) is 0 Å². The third kappa shape index (κ3) is 4.77. The van der Waals surface area contributed by atoms with E-state index in [2.05, 4.69) is 40.8 Å². The van der Waals surface area contributed by atoms with Gasteiger partial charge in [-0.05, 0) is 49.2 Å². The van der Waals surface area contributed by atoms with Crippen LogP contribution in [0.1, 0.15) is 42.0 Å². The highest BCUT2D eigenvalue weighted by Crippen LogP contribution is 2.31. The third-order valence-corrected chi connectivity index (χ3v) is 5.38. The first kappa shape index (κ1) is 20.7. The Balaban J connectivity index is 1.71. The Bertz CT molecular complexity index is 1150. The topological polar surface area (TPSA) is 56.1 Å². The minimum Gasteiger partial charge on any atom is -0.490 e. The zero-order chi connectivity index (χ0) is 21.6. The number of hydrogen-bond acceptors (Lipinski definition) is 3. The van der Waals surface area contributed by atoms with Crippen LogP contribution < -0.4 is 10.1 Å². The van der Waals surface area contributed by atoms with Crippen molar-refractivity contribution in [1.29, 1.82) is 0 Å².